The van der Waals surface area contributed by atoms with Crippen molar-refractivity contribution < 1.29 is 4.42 Å². The minimum atomic E-state index is 0.190. The van der Waals surface area contributed by atoms with Crippen molar-refractivity contribution in [1.82, 2.24) is 30.9 Å². The predicted molar refractivity (Wildman–Crippen MR) is 136 cm³/mol. The number of rotatable bonds is 5. The van der Waals surface area contributed by atoms with Crippen LogP contribution in [0.1, 0.15) is 49.2 Å². The zero-order valence-electron chi connectivity index (χ0n) is 19.6. The highest BCUT2D eigenvalue weighted by Crippen LogP contribution is 2.30. The molecule has 0 amide bonds. The fourth-order valence-electron chi connectivity index (χ4n) is 5.43. The molecule has 0 bridgehead atoms. The van der Waals surface area contributed by atoms with Crippen molar-refractivity contribution in [3.63, 3.8) is 0 Å². The maximum atomic E-state index is 6.09. The monoisotopic (exact) mass is 467 g/mol. The molecule has 0 saturated carbocycles. The lowest BCUT2D eigenvalue weighted by molar-refractivity contribution is 0.613. The summed E-state index contributed by atoms with van der Waals surface area (Å²) in [7, 11) is 0. The van der Waals surface area contributed by atoms with Crippen LogP contribution in [0.4, 0.5) is 0 Å². The second kappa shape index (κ2) is 8.62. The molecule has 178 valence electrons. The fraction of sp³-hybridized carbons (Fsp3) is 0.370. The molecule has 0 spiro atoms. The Hall–Kier alpha value is -3.49. The Balaban J connectivity index is 1.08. The number of H-pyrrole nitrogens is 1. The first-order valence-corrected chi connectivity index (χ1v) is 12.6. The van der Waals surface area contributed by atoms with Gasteiger partial charge in [0.15, 0.2) is 5.58 Å². The molecule has 3 aliphatic rings. The lowest BCUT2D eigenvalue weighted by Gasteiger charge is -2.15. The normalized spacial score (nSPS) is 24.2. The molecule has 0 aliphatic carbocycles. The summed E-state index contributed by atoms with van der Waals surface area (Å²) in [5, 5.41) is 10.6. The molecule has 2 aromatic heterocycles. The Morgan fingerprint density at radius 3 is 2.46 bits per heavy atom. The van der Waals surface area contributed by atoms with Gasteiger partial charge >= 0.3 is 0 Å². The molecule has 8 heteroatoms. The molecule has 2 fully saturated rings. The van der Waals surface area contributed by atoms with Crippen molar-refractivity contribution in [3.05, 3.63) is 60.0 Å². The molecule has 7 rings (SSSR count). The fourth-order valence-corrected chi connectivity index (χ4v) is 5.43. The molecule has 2 saturated heterocycles. The van der Waals surface area contributed by atoms with E-state index < -0.39 is 0 Å². The maximum Gasteiger partial charge on any atom is 0.227 e. The lowest BCUT2D eigenvalue weighted by atomic mass is 10.1. The number of benzene rings is 2. The molecule has 1 unspecified atom stereocenters. The summed E-state index contributed by atoms with van der Waals surface area (Å²) in [6.45, 7) is 2.90. The third-order valence-electron chi connectivity index (χ3n) is 7.40. The number of oxazole rings is 1. The van der Waals surface area contributed by atoms with Gasteiger partial charge in [-0.15, -0.1) is 0 Å². The van der Waals surface area contributed by atoms with Crippen molar-refractivity contribution in [2.75, 3.05) is 19.6 Å². The first-order valence-electron chi connectivity index (χ1n) is 12.6. The number of hydrogen-bond acceptors (Lipinski definition) is 7. The molecular formula is C27H29N7O. The van der Waals surface area contributed by atoms with E-state index in [-0.39, 0.29) is 6.04 Å². The number of fused-ring (bicyclic) bond motifs is 1. The summed E-state index contributed by atoms with van der Waals surface area (Å²) in [6.07, 6.45) is 6.62. The Bertz CT molecular complexity index is 1370. The van der Waals surface area contributed by atoms with Gasteiger partial charge in [0.25, 0.3) is 0 Å². The molecule has 8 nitrogen and oxygen atoms in total. The molecule has 5 heterocycles. The van der Waals surface area contributed by atoms with Crippen molar-refractivity contribution in [2.24, 2.45) is 4.99 Å². The van der Waals surface area contributed by atoms with Crippen LogP contribution in [0, 0.1) is 0 Å². The highest BCUT2D eigenvalue weighted by Gasteiger charge is 2.27. The molecule has 0 radical (unpaired) electrons. The van der Waals surface area contributed by atoms with Crippen LogP contribution < -0.4 is 16.0 Å². The zero-order valence-corrected chi connectivity index (χ0v) is 19.6. The topological polar surface area (TPSA) is 103 Å². The minimum Gasteiger partial charge on any atom is -0.436 e. The molecule has 4 aromatic rings. The van der Waals surface area contributed by atoms with E-state index in [0.29, 0.717) is 18.0 Å². The second-order valence-corrected chi connectivity index (χ2v) is 9.73. The number of nitrogens with one attached hydrogen (secondary N) is 4. The van der Waals surface area contributed by atoms with Gasteiger partial charge in [-0.05, 0) is 74.2 Å². The van der Waals surface area contributed by atoms with Gasteiger partial charge in [-0.1, -0.05) is 18.2 Å². The van der Waals surface area contributed by atoms with Gasteiger partial charge in [0, 0.05) is 5.56 Å². The van der Waals surface area contributed by atoms with Crippen LogP contribution in [0.25, 0.3) is 33.8 Å². The second-order valence-electron chi connectivity index (χ2n) is 9.73. The maximum absolute atomic E-state index is 6.09. The summed E-state index contributed by atoms with van der Waals surface area (Å²) >= 11 is 0. The molecule has 2 aromatic carbocycles. The van der Waals surface area contributed by atoms with E-state index in [4.69, 9.17) is 14.4 Å². The molecule has 3 atom stereocenters. The largest absolute Gasteiger partial charge is 0.436 e. The van der Waals surface area contributed by atoms with E-state index in [1.807, 2.05) is 12.3 Å². The van der Waals surface area contributed by atoms with Gasteiger partial charge in [-0.25, -0.2) is 9.97 Å². The van der Waals surface area contributed by atoms with Crippen LogP contribution in [0.3, 0.4) is 0 Å². The SMILES string of the molecule is c1cc(-c2nc3cc(C4CN=C([C@@H]5CCCN5)N4)ccc3o2)ccc1-c1cnc([C@@H]2CCCN2)[nH]1. The number of aromatic amines is 1. The number of nitrogens with zero attached hydrogens (tertiary/aromatic N) is 3. The number of imidazole rings is 1. The van der Waals surface area contributed by atoms with Crippen LogP contribution in [-0.2, 0) is 0 Å². The van der Waals surface area contributed by atoms with E-state index in [1.165, 1.54) is 18.4 Å². The Kier molecular flexibility index (Phi) is 5.14. The van der Waals surface area contributed by atoms with Gasteiger partial charge in [0.1, 0.15) is 17.2 Å². The van der Waals surface area contributed by atoms with Gasteiger partial charge in [0.05, 0.1) is 36.6 Å². The molecule has 4 N–H and O–H groups in total. The third-order valence-corrected chi connectivity index (χ3v) is 7.40. The van der Waals surface area contributed by atoms with Crippen LogP contribution in [0.5, 0.6) is 0 Å². The number of aromatic nitrogens is 3. The van der Waals surface area contributed by atoms with Gasteiger partial charge in [0.2, 0.25) is 5.89 Å². The summed E-state index contributed by atoms with van der Waals surface area (Å²) in [4.78, 5) is 17.6. The average molecular weight is 468 g/mol. The highest BCUT2D eigenvalue weighted by atomic mass is 16.3. The average Bonchev–Trinajstić information content (AvgIpc) is 3.73. The quantitative estimate of drug-likeness (QED) is 0.352. The molecular weight excluding hydrogens is 438 g/mol. The smallest absolute Gasteiger partial charge is 0.227 e. The lowest BCUT2D eigenvalue weighted by Crippen LogP contribution is -2.38. The third kappa shape index (κ3) is 3.92. The van der Waals surface area contributed by atoms with Crippen LogP contribution in [-0.4, -0.2) is 46.5 Å². The number of aliphatic imine (C=N–C) groups is 1. The zero-order chi connectivity index (χ0) is 23.2. The van der Waals surface area contributed by atoms with Crippen LogP contribution in [0.2, 0.25) is 0 Å². The van der Waals surface area contributed by atoms with E-state index in [0.717, 1.165) is 72.1 Å². The Morgan fingerprint density at radius 2 is 1.66 bits per heavy atom. The van der Waals surface area contributed by atoms with E-state index in [2.05, 4.69) is 62.3 Å². The van der Waals surface area contributed by atoms with Gasteiger partial charge in [-0.3, -0.25) is 4.99 Å². The molecule has 3 aliphatic heterocycles. The predicted octanol–water partition coefficient (Wildman–Crippen LogP) is 4.10. The summed E-state index contributed by atoms with van der Waals surface area (Å²) in [5.74, 6) is 2.75. The first-order chi connectivity index (χ1) is 17.3. The van der Waals surface area contributed by atoms with Gasteiger partial charge in [-0.2, -0.15) is 0 Å². The van der Waals surface area contributed by atoms with Crippen molar-refractivity contribution in [3.8, 4) is 22.7 Å². The van der Waals surface area contributed by atoms with E-state index >= 15 is 0 Å². The van der Waals surface area contributed by atoms with Crippen molar-refractivity contribution in [2.45, 2.75) is 43.8 Å². The Labute approximate surface area is 203 Å². The highest BCUT2D eigenvalue weighted by molar-refractivity contribution is 5.89. The first kappa shape index (κ1) is 20.8. The summed E-state index contributed by atoms with van der Waals surface area (Å²) in [5.41, 5.74) is 5.95. The van der Waals surface area contributed by atoms with Crippen LogP contribution >= 0.6 is 0 Å². The van der Waals surface area contributed by atoms with Crippen LogP contribution in [0.15, 0.2) is 58.1 Å². The number of amidine groups is 1. The van der Waals surface area contributed by atoms with Crippen molar-refractivity contribution >= 4 is 16.9 Å². The van der Waals surface area contributed by atoms with E-state index in [9.17, 15) is 0 Å². The standard InChI is InChI=1S/C27H29N7O/c1-3-19(28-11-1)25-30-14-22(32-25)16-5-7-17(8-6-16)27-34-21-13-18(9-10-24(21)35-27)23-15-31-26(33-23)20-4-2-12-29-20/h5-10,13-14,19-20,23,28-29H,1-4,11-12,15H2,(H,30,32)(H,31,33)/t19-,20-,23?/m0/s1. The summed E-state index contributed by atoms with van der Waals surface area (Å²) < 4.78 is 6.09. The number of hydrogen-bond donors (Lipinski definition) is 4. The van der Waals surface area contributed by atoms with Gasteiger partial charge < -0.3 is 25.4 Å². The minimum absolute atomic E-state index is 0.190. The summed E-state index contributed by atoms with van der Waals surface area (Å²) in [6, 6.07) is 15.5. The van der Waals surface area contributed by atoms with E-state index in [1.54, 1.807) is 0 Å². The Morgan fingerprint density at radius 1 is 0.857 bits per heavy atom. The van der Waals surface area contributed by atoms with Crippen molar-refractivity contribution in [1.29, 1.82) is 0 Å². The molecule has 35 heavy (non-hydrogen) atoms.